The van der Waals surface area contributed by atoms with E-state index in [2.05, 4.69) is 131 Å². The minimum Gasteiger partial charge on any atom is -0.326 e. The molecule has 4 heterocycles. The molecule has 214 valence electrons. The molecule has 4 aromatic carbocycles. The molecule has 6 heteroatoms. The summed E-state index contributed by atoms with van der Waals surface area (Å²) in [5, 5.41) is 0. The molecule has 4 aromatic rings. The fraction of sp³-hybridized carbons (Fsp3) is 0.333. The Morgan fingerprint density at radius 2 is 0.810 bits per heavy atom. The molecule has 0 aliphatic carbocycles. The summed E-state index contributed by atoms with van der Waals surface area (Å²) in [7, 11) is -1.50. The molecule has 0 radical (unpaired) electrons. The monoisotopic (exact) mass is 592 g/mol. The van der Waals surface area contributed by atoms with Crippen LogP contribution < -0.4 is 0 Å². The molecule has 0 aromatic heterocycles. The Bertz CT molecular complexity index is 1300. The van der Waals surface area contributed by atoms with E-state index in [-0.39, 0.29) is 0 Å². The van der Waals surface area contributed by atoms with Crippen molar-refractivity contribution in [1.29, 1.82) is 0 Å². The highest BCUT2D eigenvalue weighted by Crippen LogP contribution is 2.68. The smallest absolute Gasteiger partial charge is 0.140 e. The molecule has 2 unspecified atom stereocenters. The minimum atomic E-state index is -0.751. The average Bonchev–Trinajstić information content (AvgIpc) is 3.85. The van der Waals surface area contributed by atoms with E-state index in [4.69, 9.17) is 9.05 Å². The van der Waals surface area contributed by atoms with Gasteiger partial charge in [-0.15, -0.1) is 0 Å². The number of rotatable bonds is 7. The summed E-state index contributed by atoms with van der Waals surface area (Å²) in [5.41, 5.74) is 4.31. The van der Waals surface area contributed by atoms with Gasteiger partial charge in [-0.25, -0.2) is 0 Å². The number of fused-ring (bicyclic) bond motifs is 2. The summed E-state index contributed by atoms with van der Waals surface area (Å²) in [6.07, 6.45) is 6.90. The van der Waals surface area contributed by atoms with Gasteiger partial charge in [0, 0.05) is 25.4 Å². The highest BCUT2D eigenvalue weighted by Gasteiger charge is 2.59. The molecular weight excluding hydrogens is 554 g/mol. The van der Waals surface area contributed by atoms with E-state index in [1.807, 2.05) is 0 Å². The Morgan fingerprint density at radius 1 is 0.500 bits per heavy atom. The summed E-state index contributed by atoms with van der Waals surface area (Å²) in [5.74, 6) is 0. The first-order valence-corrected chi connectivity index (χ1v) is 18.3. The van der Waals surface area contributed by atoms with Gasteiger partial charge in [0.15, 0.2) is 0 Å². The molecule has 0 amide bonds. The number of benzene rings is 4. The highest BCUT2D eigenvalue weighted by atomic mass is 31.2. The lowest BCUT2D eigenvalue weighted by Gasteiger charge is -2.34. The predicted molar refractivity (Wildman–Crippen MR) is 173 cm³/mol. The Kier molecular flexibility index (Phi) is 7.28. The van der Waals surface area contributed by atoms with Crippen LogP contribution in [0.2, 0.25) is 0 Å². The van der Waals surface area contributed by atoms with Gasteiger partial charge < -0.3 is 9.05 Å². The normalized spacial score (nSPS) is 28.1. The van der Waals surface area contributed by atoms with Gasteiger partial charge in [-0.1, -0.05) is 121 Å². The van der Waals surface area contributed by atoms with E-state index in [1.54, 1.807) is 0 Å². The van der Waals surface area contributed by atoms with Gasteiger partial charge in [-0.05, 0) is 47.9 Å². The van der Waals surface area contributed by atoms with Crippen LogP contribution in [0.5, 0.6) is 0 Å². The zero-order valence-electron chi connectivity index (χ0n) is 24.0. The number of nitrogens with zero attached hydrogens (tertiary/aromatic N) is 2. The average molecular weight is 593 g/mol. The Morgan fingerprint density at radius 3 is 1.12 bits per heavy atom. The van der Waals surface area contributed by atoms with Gasteiger partial charge in [0.1, 0.15) is 27.8 Å². The van der Waals surface area contributed by atoms with E-state index in [0.717, 1.165) is 25.4 Å². The Balaban J connectivity index is 1.12. The molecule has 42 heavy (non-hydrogen) atoms. The quantitative estimate of drug-likeness (QED) is 0.201. The Hall–Kier alpha value is -2.42. The van der Waals surface area contributed by atoms with Crippen molar-refractivity contribution < 1.29 is 9.05 Å². The zero-order valence-corrected chi connectivity index (χ0v) is 25.8. The molecule has 8 rings (SSSR count). The first-order valence-electron chi connectivity index (χ1n) is 15.5. The molecule has 4 nitrogen and oxygen atoms in total. The van der Waals surface area contributed by atoms with Crippen LogP contribution in [0.1, 0.15) is 47.9 Å². The van der Waals surface area contributed by atoms with Crippen LogP contribution in [0.3, 0.4) is 0 Å². The second-order valence-corrected chi connectivity index (χ2v) is 15.6. The van der Waals surface area contributed by atoms with Crippen molar-refractivity contribution in [2.45, 2.75) is 49.0 Å². The van der Waals surface area contributed by atoms with Crippen molar-refractivity contribution in [3.8, 4) is 0 Å². The number of hydrogen-bond acceptors (Lipinski definition) is 4. The minimum absolute atomic E-state index is 0.373. The van der Waals surface area contributed by atoms with Crippen molar-refractivity contribution in [1.82, 2.24) is 9.34 Å². The van der Waals surface area contributed by atoms with Crippen LogP contribution in [-0.4, -0.2) is 46.8 Å². The van der Waals surface area contributed by atoms with E-state index >= 15 is 0 Å². The molecule has 0 saturated carbocycles. The molecule has 4 aliphatic heterocycles. The van der Waals surface area contributed by atoms with Crippen molar-refractivity contribution in [2.24, 2.45) is 0 Å². The lowest BCUT2D eigenvalue weighted by atomic mass is 9.79. The van der Waals surface area contributed by atoms with Gasteiger partial charge in [-0.2, -0.15) is 0 Å². The molecule has 0 spiro atoms. The zero-order chi connectivity index (χ0) is 28.0. The summed E-state index contributed by atoms with van der Waals surface area (Å²) in [4.78, 5) is 0. The molecular formula is C36H38N2O2P2. The van der Waals surface area contributed by atoms with E-state index in [0.29, 0.717) is 12.1 Å². The van der Waals surface area contributed by atoms with E-state index in [1.165, 1.54) is 47.9 Å². The first kappa shape index (κ1) is 27.2. The van der Waals surface area contributed by atoms with Crippen LogP contribution in [0.4, 0.5) is 0 Å². The summed E-state index contributed by atoms with van der Waals surface area (Å²) in [6.45, 7) is 2.25. The standard InChI is InChI=1S/C36H38N2O2P2/c1-5-15-29(16-6-1)35(30-17-7-2-8-18-30)33-23-13-25-37(33)41(39-35)27-28-42-38-26-14-24-34(38)36(40-42,31-19-9-3-10-20-31)32-21-11-4-12-22-32/h1-12,15-22,33-34H,13-14,23-28H2/t33-,34-,41?,42?/m1/s1. The second-order valence-electron chi connectivity index (χ2n) is 11.9. The third kappa shape index (κ3) is 4.27. The van der Waals surface area contributed by atoms with Crippen molar-refractivity contribution in [2.75, 3.05) is 25.4 Å². The maximum Gasteiger partial charge on any atom is 0.140 e. The second kappa shape index (κ2) is 11.3. The summed E-state index contributed by atoms with van der Waals surface area (Å²) >= 11 is 0. The largest absolute Gasteiger partial charge is 0.326 e. The third-order valence-corrected chi connectivity index (χ3v) is 14.4. The van der Waals surface area contributed by atoms with Gasteiger partial charge in [0.2, 0.25) is 0 Å². The van der Waals surface area contributed by atoms with Crippen molar-refractivity contribution >= 4 is 16.6 Å². The van der Waals surface area contributed by atoms with Crippen LogP contribution in [-0.2, 0) is 20.2 Å². The maximum atomic E-state index is 7.41. The van der Waals surface area contributed by atoms with Gasteiger partial charge >= 0.3 is 0 Å². The molecule has 4 fully saturated rings. The van der Waals surface area contributed by atoms with Gasteiger partial charge in [-0.3, -0.25) is 9.34 Å². The highest BCUT2D eigenvalue weighted by molar-refractivity contribution is 7.54. The topological polar surface area (TPSA) is 24.9 Å². The SMILES string of the molecule is c1ccc(C2(c3ccccc3)OP(CCP3OC(c4ccccc4)(c4ccccc4)[C@H]4CCCN43)N3CCC[C@@H]32)cc1. The molecule has 0 N–H and O–H groups in total. The lowest BCUT2D eigenvalue weighted by molar-refractivity contribution is 0.112. The van der Waals surface area contributed by atoms with E-state index in [9.17, 15) is 0 Å². The maximum absolute atomic E-state index is 7.41. The molecule has 4 aliphatic rings. The Labute approximate surface area is 252 Å². The predicted octanol–water partition coefficient (Wildman–Crippen LogP) is 8.49. The summed E-state index contributed by atoms with van der Waals surface area (Å²) in [6, 6.07) is 44.7. The molecule has 0 bridgehead atoms. The van der Waals surface area contributed by atoms with Gasteiger partial charge in [0.05, 0.1) is 12.1 Å². The van der Waals surface area contributed by atoms with Crippen molar-refractivity contribution in [3.63, 3.8) is 0 Å². The molecule has 4 saturated heterocycles. The van der Waals surface area contributed by atoms with Crippen LogP contribution >= 0.6 is 16.6 Å². The van der Waals surface area contributed by atoms with Gasteiger partial charge in [0.25, 0.3) is 0 Å². The van der Waals surface area contributed by atoms with Crippen LogP contribution in [0.15, 0.2) is 121 Å². The van der Waals surface area contributed by atoms with Crippen LogP contribution in [0, 0.1) is 0 Å². The number of hydrogen-bond donors (Lipinski definition) is 0. The van der Waals surface area contributed by atoms with Crippen molar-refractivity contribution in [3.05, 3.63) is 144 Å². The first-order chi connectivity index (χ1) is 20.8. The fourth-order valence-corrected chi connectivity index (χ4v) is 13.5. The fourth-order valence-electron chi connectivity index (χ4n) is 8.00. The third-order valence-electron chi connectivity index (χ3n) is 9.75. The lowest BCUT2D eigenvalue weighted by Crippen LogP contribution is -2.40. The summed E-state index contributed by atoms with van der Waals surface area (Å²) < 4.78 is 20.3. The van der Waals surface area contributed by atoms with E-state index < -0.39 is 27.8 Å². The van der Waals surface area contributed by atoms with Crippen LogP contribution in [0.25, 0.3) is 0 Å². The molecule has 4 atom stereocenters.